The van der Waals surface area contributed by atoms with Crippen molar-refractivity contribution >= 4 is 0 Å². The molecule has 0 radical (unpaired) electrons. The normalized spacial score (nSPS) is 28.5. The summed E-state index contributed by atoms with van der Waals surface area (Å²) in [6.07, 6.45) is 13.1. The van der Waals surface area contributed by atoms with E-state index >= 15 is 4.39 Å². The van der Waals surface area contributed by atoms with Gasteiger partial charge in [0.15, 0.2) is 12.1 Å². The van der Waals surface area contributed by atoms with Crippen LogP contribution in [0.2, 0.25) is 0 Å². The number of halogens is 1. The van der Waals surface area contributed by atoms with E-state index in [9.17, 15) is 5.53 Å². The van der Waals surface area contributed by atoms with Gasteiger partial charge in [-0.1, -0.05) is 133 Å². The topological polar surface area (TPSA) is 94.9 Å². The van der Waals surface area contributed by atoms with Gasteiger partial charge >= 0.3 is 0 Å². The second kappa shape index (κ2) is 20.5. The number of hydrogen-bond donors (Lipinski definition) is 0. The van der Waals surface area contributed by atoms with E-state index in [1.165, 1.54) is 64.2 Å². The van der Waals surface area contributed by atoms with Crippen molar-refractivity contribution in [3.63, 3.8) is 0 Å². The van der Waals surface area contributed by atoms with Crippen molar-refractivity contribution in [1.82, 2.24) is 0 Å². The lowest BCUT2D eigenvalue weighted by molar-refractivity contribution is -0.263. The number of hydrogen-bond acceptors (Lipinski definition) is 6. The molecule has 0 bridgehead atoms. The molecule has 9 heteroatoms. The molecule has 1 aromatic carbocycles. The van der Waals surface area contributed by atoms with Crippen LogP contribution in [0.1, 0.15) is 124 Å². The van der Waals surface area contributed by atoms with Crippen LogP contribution in [0.3, 0.4) is 0 Å². The molecule has 2 saturated heterocycles. The smallest absolute Gasteiger partial charge is 0.163 e. The third-order valence-corrected chi connectivity index (χ3v) is 9.39. The maximum atomic E-state index is 15.2. The highest BCUT2D eigenvalue weighted by Crippen LogP contribution is 2.36. The minimum Gasteiger partial charge on any atom is -0.374 e. The zero-order chi connectivity index (χ0) is 32.5. The molecule has 45 heavy (non-hydrogen) atoms. The molecule has 1 aromatic rings. The van der Waals surface area contributed by atoms with Crippen LogP contribution >= 0.6 is 0 Å². The summed E-state index contributed by atoms with van der Waals surface area (Å²) in [5, 5.41) is 4.07. The average molecular weight is 634 g/mol. The van der Waals surface area contributed by atoms with Gasteiger partial charge in [0.1, 0.15) is 12.3 Å². The molecule has 8 atom stereocenters. The zero-order valence-electron chi connectivity index (χ0n) is 28.6. The predicted octanol–water partition coefficient (Wildman–Crippen LogP) is 9.85. The standard InChI is InChI=1S/C36H60FN3O5/c1-6-7-8-9-10-11-12-13-14-15-16-20-23-31-34(45-36(4,5)44-31)30(39-40-38)25-42-35-28(3)27(2)33(37)32(43-35)26-41-24-29-21-18-17-19-22-29/h17-19,21-22,27-28,30-35H,6-16,20,23-26H2,1-5H3/t27-,28?,30+,31-,32?,33+,34+,35+/m1/s1. The van der Waals surface area contributed by atoms with Crippen LogP contribution in [0.5, 0.6) is 0 Å². The second-order valence-electron chi connectivity index (χ2n) is 13.6. The van der Waals surface area contributed by atoms with Crippen LogP contribution in [0, 0.1) is 11.8 Å². The Morgan fingerprint density at radius 3 is 2.13 bits per heavy atom. The summed E-state index contributed by atoms with van der Waals surface area (Å²) in [7, 11) is 0. The van der Waals surface area contributed by atoms with Crippen LogP contribution < -0.4 is 0 Å². The highest BCUT2D eigenvalue weighted by molar-refractivity contribution is 5.13. The van der Waals surface area contributed by atoms with Crippen LogP contribution in [0.25, 0.3) is 10.4 Å². The van der Waals surface area contributed by atoms with E-state index < -0.39 is 36.5 Å². The minimum absolute atomic E-state index is 0.0966. The summed E-state index contributed by atoms with van der Waals surface area (Å²) >= 11 is 0. The first-order valence-electron chi connectivity index (χ1n) is 17.7. The third kappa shape index (κ3) is 13.1. The lowest BCUT2D eigenvalue weighted by Crippen LogP contribution is -2.51. The number of azide groups is 1. The van der Waals surface area contributed by atoms with Crippen molar-refractivity contribution < 1.29 is 28.1 Å². The number of alkyl halides is 1. The number of benzene rings is 1. The first kappa shape index (κ1) is 37.7. The SMILES string of the molecule is CCCCCCCCCCCCCC[C@H]1OC(C)(C)O[C@H]1[C@H](CO[C@H]1OC(COCc2ccccc2)[C@@H](F)[C@H](C)C1C)N=[N+]=[N-]. The van der Waals surface area contributed by atoms with Crippen molar-refractivity contribution in [2.45, 2.75) is 167 Å². The maximum Gasteiger partial charge on any atom is 0.163 e. The van der Waals surface area contributed by atoms with E-state index in [0.717, 1.165) is 24.8 Å². The molecule has 2 aliphatic rings. The highest BCUT2D eigenvalue weighted by atomic mass is 19.1. The monoisotopic (exact) mass is 633 g/mol. The Morgan fingerprint density at radius 2 is 1.51 bits per heavy atom. The van der Waals surface area contributed by atoms with Crippen molar-refractivity contribution in [3.05, 3.63) is 46.3 Å². The third-order valence-electron chi connectivity index (χ3n) is 9.39. The molecule has 2 heterocycles. The van der Waals surface area contributed by atoms with Crippen molar-refractivity contribution in [2.75, 3.05) is 13.2 Å². The molecule has 256 valence electrons. The Balaban J connectivity index is 1.45. The first-order chi connectivity index (χ1) is 21.8. The van der Waals surface area contributed by atoms with Gasteiger partial charge < -0.3 is 23.7 Å². The van der Waals surface area contributed by atoms with Crippen LogP contribution in [0.4, 0.5) is 4.39 Å². The molecule has 0 N–H and O–H groups in total. The van der Waals surface area contributed by atoms with Crippen molar-refractivity contribution in [2.24, 2.45) is 17.0 Å². The molecule has 3 rings (SSSR count). The Morgan fingerprint density at radius 1 is 0.889 bits per heavy atom. The molecule has 8 nitrogen and oxygen atoms in total. The molecule has 0 amide bonds. The fourth-order valence-corrected chi connectivity index (χ4v) is 6.49. The summed E-state index contributed by atoms with van der Waals surface area (Å²) in [5.41, 5.74) is 10.4. The van der Waals surface area contributed by atoms with E-state index in [4.69, 9.17) is 23.7 Å². The van der Waals surface area contributed by atoms with Crippen molar-refractivity contribution in [3.8, 4) is 0 Å². The van der Waals surface area contributed by atoms with Crippen LogP contribution in [0.15, 0.2) is 35.4 Å². The Labute approximate surface area is 271 Å². The number of ether oxygens (including phenoxy) is 5. The minimum atomic E-state index is -1.17. The summed E-state index contributed by atoms with van der Waals surface area (Å²) in [6, 6.07) is 9.20. The molecule has 0 saturated carbocycles. The molecular formula is C36H60FN3O5. The zero-order valence-corrected chi connectivity index (χ0v) is 28.6. The molecule has 0 aliphatic carbocycles. The summed E-state index contributed by atoms with van der Waals surface area (Å²) in [6.45, 7) is 10.5. The lowest BCUT2D eigenvalue weighted by atomic mass is 9.85. The summed E-state index contributed by atoms with van der Waals surface area (Å²) < 4.78 is 45.9. The van der Waals surface area contributed by atoms with E-state index in [1.54, 1.807) is 0 Å². The quantitative estimate of drug-likeness (QED) is 0.0548. The van der Waals surface area contributed by atoms with Gasteiger partial charge in [0.25, 0.3) is 0 Å². The van der Waals surface area contributed by atoms with Gasteiger partial charge in [0.2, 0.25) is 0 Å². The van der Waals surface area contributed by atoms with Gasteiger partial charge in [-0.3, -0.25) is 0 Å². The largest absolute Gasteiger partial charge is 0.374 e. The van der Waals surface area contributed by atoms with E-state index in [-0.39, 0.29) is 31.2 Å². The summed E-state index contributed by atoms with van der Waals surface area (Å²) in [5.74, 6) is -1.25. The van der Waals surface area contributed by atoms with Gasteiger partial charge in [0.05, 0.1) is 38.1 Å². The Kier molecular flexibility index (Phi) is 17.2. The van der Waals surface area contributed by atoms with Crippen molar-refractivity contribution in [1.29, 1.82) is 0 Å². The lowest BCUT2D eigenvalue weighted by Gasteiger charge is -2.41. The van der Waals surface area contributed by atoms with Gasteiger partial charge in [-0.15, -0.1) is 0 Å². The molecular weight excluding hydrogens is 573 g/mol. The first-order valence-corrected chi connectivity index (χ1v) is 17.7. The average Bonchev–Trinajstić information content (AvgIpc) is 3.34. The number of nitrogens with zero attached hydrogens (tertiary/aromatic N) is 3. The van der Waals surface area contributed by atoms with E-state index in [1.807, 2.05) is 58.0 Å². The maximum absolute atomic E-state index is 15.2. The van der Waals surface area contributed by atoms with E-state index in [2.05, 4.69) is 16.9 Å². The van der Waals surface area contributed by atoms with Gasteiger partial charge in [-0.25, -0.2) is 4.39 Å². The highest BCUT2D eigenvalue weighted by Gasteiger charge is 2.46. The molecule has 2 aliphatic heterocycles. The van der Waals surface area contributed by atoms with Gasteiger partial charge in [-0.05, 0) is 37.3 Å². The Bertz CT molecular complexity index is 979. The number of rotatable bonds is 22. The molecule has 2 unspecified atom stereocenters. The van der Waals surface area contributed by atoms with Gasteiger partial charge in [-0.2, -0.15) is 0 Å². The Hall–Kier alpha value is -1.74. The molecule has 2 fully saturated rings. The van der Waals surface area contributed by atoms with Crippen LogP contribution in [-0.2, 0) is 30.3 Å². The van der Waals surface area contributed by atoms with Gasteiger partial charge in [0, 0.05) is 10.8 Å². The molecule has 0 aromatic heterocycles. The number of unbranched alkanes of at least 4 members (excludes halogenated alkanes) is 11. The fourth-order valence-electron chi connectivity index (χ4n) is 6.49. The predicted molar refractivity (Wildman–Crippen MR) is 176 cm³/mol. The van der Waals surface area contributed by atoms with Crippen LogP contribution in [-0.4, -0.2) is 55.8 Å². The van der Waals surface area contributed by atoms with E-state index in [0.29, 0.717) is 6.61 Å². The fraction of sp³-hybridized carbons (Fsp3) is 0.833. The second-order valence-corrected chi connectivity index (χ2v) is 13.6. The summed E-state index contributed by atoms with van der Waals surface area (Å²) in [4.78, 5) is 3.11. The molecule has 0 spiro atoms.